The Morgan fingerprint density at radius 2 is 0.953 bits per heavy atom. The molecule has 6 aromatic heterocycles. The molecule has 0 bridgehead atoms. The molecule has 0 saturated carbocycles. The molecule has 1 fully saturated rings. The van der Waals surface area contributed by atoms with Gasteiger partial charge in [-0.3, -0.25) is 19.9 Å². The second kappa shape index (κ2) is 25.9. The van der Waals surface area contributed by atoms with E-state index in [-0.39, 0.29) is 9.79 Å². The van der Waals surface area contributed by atoms with E-state index in [1.807, 2.05) is 131 Å². The Hall–Kier alpha value is -8.01. The van der Waals surface area contributed by atoms with Gasteiger partial charge in [-0.05, 0) is 151 Å². The zero-order valence-corrected chi connectivity index (χ0v) is 52.2. The minimum absolute atomic E-state index is 0.0906. The average molecular weight is 1210 g/mol. The van der Waals surface area contributed by atoms with Gasteiger partial charge in [0.1, 0.15) is 21.7 Å². The summed E-state index contributed by atoms with van der Waals surface area (Å²) >= 11 is 6.24. The smallest absolute Gasteiger partial charge is 0.399 e. The van der Waals surface area contributed by atoms with Crippen LogP contribution in [0.5, 0.6) is 0 Å². The lowest BCUT2D eigenvalue weighted by molar-refractivity contribution is 0.00578. The molecule has 0 atom stereocenters. The van der Waals surface area contributed by atoms with E-state index in [9.17, 15) is 16.8 Å². The fraction of sp³-hybridized carbons (Fsp3) is 0.242. The number of fused-ring (bicyclic) bond motifs is 2. The molecule has 10 aromatic rings. The maximum absolute atomic E-state index is 13.0. The Morgan fingerprint density at radius 1 is 0.500 bits per heavy atom. The second-order valence-corrected chi connectivity index (χ2v) is 27.5. The van der Waals surface area contributed by atoms with E-state index >= 15 is 0 Å². The highest BCUT2D eigenvalue weighted by molar-refractivity contribution is 7.89. The Kier molecular flexibility index (Phi) is 18.8. The van der Waals surface area contributed by atoms with Gasteiger partial charge < -0.3 is 19.9 Å². The molecule has 0 unspecified atom stereocenters. The third kappa shape index (κ3) is 15.7. The van der Waals surface area contributed by atoms with Gasteiger partial charge in [-0.15, -0.1) is 0 Å². The normalized spacial score (nSPS) is 14.0. The minimum atomic E-state index is -3.75. The summed E-state index contributed by atoms with van der Waals surface area (Å²) in [5.74, 6) is 1.45. The van der Waals surface area contributed by atoms with Crippen LogP contribution in [0.25, 0.3) is 55.1 Å². The molecule has 86 heavy (non-hydrogen) atoms. The van der Waals surface area contributed by atoms with Gasteiger partial charge in [0.15, 0.2) is 0 Å². The minimum Gasteiger partial charge on any atom is -0.399 e. The van der Waals surface area contributed by atoms with E-state index < -0.39 is 49.4 Å². The molecule has 0 amide bonds. The lowest BCUT2D eigenvalue weighted by Crippen LogP contribution is -2.41. The van der Waals surface area contributed by atoms with Crippen molar-refractivity contribution in [3.05, 3.63) is 211 Å². The Bertz CT molecular complexity index is 4200. The van der Waals surface area contributed by atoms with Crippen molar-refractivity contribution in [2.75, 3.05) is 10.6 Å². The van der Waals surface area contributed by atoms with E-state index in [1.165, 1.54) is 12.4 Å². The Morgan fingerprint density at radius 3 is 1.43 bits per heavy atom. The molecule has 20 heteroatoms. The summed E-state index contributed by atoms with van der Waals surface area (Å²) in [5, 5.41) is 11.4. The number of anilines is 2. The quantitative estimate of drug-likeness (QED) is 0.0589. The summed E-state index contributed by atoms with van der Waals surface area (Å²) in [6, 6.07) is 51.5. The Labute approximate surface area is 510 Å². The van der Waals surface area contributed by atoms with Crippen molar-refractivity contribution in [3.63, 3.8) is 0 Å². The van der Waals surface area contributed by atoms with Gasteiger partial charge in [0.25, 0.3) is 0 Å². The van der Waals surface area contributed by atoms with Crippen LogP contribution >= 0.6 is 11.6 Å². The molecule has 11 rings (SSSR count). The number of benzene rings is 4. The van der Waals surface area contributed by atoms with Crippen molar-refractivity contribution in [3.8, 4) is 33.5 Å². The zero-order chi connectivity index (χ0) is 61.5. The molecule has 0 radical (unpaired) electrons. The van der Waals surface area contributed by atoms with E-state index in [1.54, 1.807) is 78.5 Å². The largest absolute Gasteiger partial charge is 0.496 e. The van der Waals surface area contributed by atoms with Crippen LogP contribution in [0, 0.1) is 0 Å². The molecule has 0 aliphatic carbocycles. The number of sulfonamides is 2. The van der Waals surface area contributed by atoms with Crippen LogP contribution in [-0.2, 0) is 42.4 Å². The van der Waals surface area contributed by atoms with Crippen LogP contribution in [0.15, 0.2) is 205 Å². The highest BCUT2D eigenvalue weighted by atomic mass is 35.5. The van der Waals surface area contributed by atoms with Gasteiger partial charge in [0.2, 0.25) is 20.0 Å². The Balaban J connectivity index is 0.000000161. The molecule has 7 heterocycles. The lowest BCUT2D eigenvalue weighted by Gasteiger charge is -2.32. The number of hydrogen-bond donors (Lipinski definition) is 4. The van der Waals surface area contributed by atoms with E-state index in [0.29, 0.717) is 40.8 Å². The highest BCUT2D eigenvalue weighted by Crippen LogP contribution is 2.39. The van der Waals surface area contributed by atoms with Gasteiger partial charge >= 0.3 is 7.12 Å². The highest BCUT2D eigenvalue weighted by Gasteiger charge is 2.52. The summed E-state index contributed by atoms with van der Waals surface area (Å²) in [7, 11) is -8.05. The van der Waals surface area contributed by atoms with Gasteiger partial charge in [0.05, 0.1) is 46.3 Å². The van der Waals surface area contributed by atoms with Crippen molar-refractivity contribution >= 4 is 77.4 Å². The van der Waals surface area contributed by atoms with Crippen LogP contribution < -0.4 is 25.5 Å². The summed E-state index contributed by atoms with van der Waals surface area (Å²) in [6.07, 6.45) is 9.43. The number of aromatic nitrogens is 6. The number of hydrogen-bond acceptors (Lipinski definition) is 14. The van der Waals surface area contributed by atoms with Crippen LogP contribution in [-0.4, -0.2) is 76.1 Å². The SMILES string of the molecule is CC(C)(C)NS(=O)(=O)c1cncc(-c2cc3cccc(-c4ccccc4)c3c(NCc3ccccn3)n2)c1.CC(C)(C)NS(=O)(=O)c1cncc(B2OC(C)(C)C(C)(C)O2)c1.Clc1cc2cccc(-c3ccccc3)c2c(NCc2ccccn2)n1. The first-order valence-corrected chi connectivity index (χ1v) is 31.3. The molecule has 0 spiro atoms. The third-order valence-corrected chi connectivity index (χ3v) is 17.6. The molecule has 442 valence electrons. The molecule has 1 aliphatic heterocycles. The summed E-state index contributed by atoms with van der Waals surface area (Å²) in [5.41, 5.74) is 5.89. The first kappa shape index (κ1) is 62.5. The molecule has 4 N–H and O–H groups in total. The topological polar surface area (TPSA) is 212 Å². The standard InChI is InChI=1S/C30H29N5O2S.C21H16ClN3.C15H25BN2O4S/c1-30(2,3)35-38(36,37)25-16-23(18-31-20-25)27-17-22-12-9-14-26(21-10-5-4-6-11-21)28(22)29(34-27)33-19-24-13-7-8-15-32-24;22-19-13-16-9-6-11-18(15-7-2-1-3-8-15)20(16)21(25-19)24-14-17-10-4-5-12-23-17;1-13(2,3)18-23(19,20)12-8-11(9-17-10-12)16-21-14(4,5)15(6,7)22-16/h4-18,20,35H,19H2,1-3H3,(H,33,34);1-13H,14H2,(H,24,25);8-10,18H,1-7H3. The van der Waals surface area contributed by atoms with Crippen molar-refractivity contribution in [2.45, 2.75) is 114 Å². The second-order valence-electron chi connectivity index (χ2n) is 23.7. The number of halogens is 1. The fourth-order valence-corrected chi connectivity index (χ4v) is 12.4. The van der Waals surface area contributed by atoms with Crippen LogP contribution in [0.1, 0.15) is 80.6 Å². The monoisotopic (exact) mass is 1210 g/mol. The first-order chi connectivity index (χ1) is 40.7. The molecular weight excluding hydrogens is 1140 g/mol. The van der Waals surface area contributed by atoms with E-state index in [2.05, 4.69) is 87.5 Å². The fourth-order valence-electron chi connectivity index (χ4n) is 9.38. The van der Waals surface area contributed by atoms with Crippen molar-refractivity contribution in [1.29, 1.82) is 0 Å². The van der Waals surface area contributed by atoms with Gasteiger partial charge in [-0.1, -0.05) is 121 Å². The van der Waals surface area contributed by atoms with Crippen molar-refractivity contribution < 1.29 is 26.1 Å². The van der Waals surface area contributed by atoms with Gasteiger partial charge in [0, 0.05) is 70.1 Å². The molecule has 1 aliphatic rings. The first-order valence-electron chi connectivity index (χ1n) is 28.0. The predicted octanol–water partition coefficient (Wildman–Crippen LogP) is 13.1. The van der Waals surface area contributed by atoms with Gasteiger partial charge in [-0.25, -0.2) is 36.2 Å². The molecular formula is C66H70BClN10O6S2. The van der Waals surface area contributed by atoms with Gasteiger partial charge in [-0.2, -0.15) is 0 Å². The average Bonchev–Trinajstić information content (AvgIpc) is 2.26. The zero-order valence-electron chi connectivity index (χ0n) is 49.8. The third-order valence-electron chi connectivity index (χ3n) is 14.0. The molecule has 16 nitrogen and oxygen atoms in total. The van der Waals surface area contributed by atoms with Crippen molar-refractivity contribution in [2.24, 2.45) is 0 Å². The van der Waals surface area contributed by atoms with Crippen molar-refractivity contribution in [1.82, 2.24) is 39.3 Å². The predicted molar refractivity (Wildman–Crippen MR) is 346 cm³/mol. The van der Waals surface area contributed by atoms with Crippen LogP contribution in [0.3, 0.4) is 0 Å². The number of nitrogens with zero attached hydrogens (tertiary/aromatic N) is 6. The number of rotatable bonds is 14. The maximum atomic E-state index is 13.0. The number of pyridine rings is 6. The van der Waals surface area contributed by atoms with Crippen LogP contribution in [0.2, 0.25) is 5.15 Å². The molecule has 1 saturated heterocycles. The number of nitrogens with one attached hydrogen (secondary N) is 4. The van der Waals surface area contributed by atoms with Crippen LogP contribution in [0.4, 0.5) is 11.6 Å². The maximum Gasteiger partial charge on any atom is 0.496 e. The van der Waals surface area contributed by atoms with E-state index in [0.717, 1.165) is 61.0 Å². The molecule has 4 aromatic carbocycles. The van der Waals surface area contributed by atoms with E-state index in [4.69, 9.17) is 25.9 Å². The summed E-state index contributed by atoms with van der Waals surface area (Å²) < 4.78 is 68.0. The lowest BCUT2D eigenvalue weighted by atomic mass is 9.80. The summed E-state index contributed by atoms with van der Waals surface area (Å²) in [4.78, 5) is 26.8. The summed E-state index contributed by atoms with van der Waals surface area (Å²) in [6.45, 7) is 19.6.